The van der Waals surface area contributed by atoms with Crippen molar-refractivity contribution in [3.63, 3.8) is 0 Å². The van der Waals surface area contributed by atoms with E-state index in [9.17, 15) is 0 Å². The van der Waals surface area contributed by atoms with Crippen LogP contribution >= 0.6 is 22.9 Å². The molecule has 0 saturated carbocycles. The fraction of sp³-hybridized carbons (Fsp3) is 0.100. The van der Waals surface area contributed by atoms with Crippen molar-refractivity contribution in [1.82, 2.24) is 0 Å². The molecular formula is C10H7IN4. The maximum atomic E-state index is 4.45. The lowest BCUT2D eigenvalue weighted by atomic mass is 10.1. The number of benzene rings is 1. The molecule has 2 aliphatic heterocycles. The molecule has 1 aromatic carbocycles. The van der Waals surface area contributed by atoms with Crippen LogP contribution in [0.15, 0.2) is 33.4 Å². The Bertz CT molecular complexity index is 588. The number of halogens is 1. The van der Waals surface area contributed by atoms with Crippen molar-refractivity contribution in [1.29, 1.82) is 0 Å². The number of fused-ring (bicyclic) bond motifs is 3. The van der Waals surface area contributed by atoms with Crippen molar-refractivity contribution in [3.8, 4) is 0 Å². The minimum Gasteiger partial charge on any atom is -0.292 e. The fourth-order valence-electron chi connectivity index (χ4n) is 1.66. The molecule has 0 bridgehead atoms. The van der Waals surface area contributed by atoms with Crippen LogP contribution in [0, 0.1) is 0 Å². The van der Waals surface area contributed by atoms with Gasteiger partial charge in [0.1, 0.15) is 17.4 Å². The van der Waals surface area contributed by atoms with Crippen molar-refractivity contribution < 1.29 is 0 Å². The third-order valence-corrected chi connectivity index (χ3v) is 3.19. The highest BCUT2D eigenvalue weighted by atomic mass is 127. The van der Waals surface area contributed by atoms with E-state index >= 15 is 0 Å². The molecular weight excluding hydrogens is 303 g/mol. The fourth-order valence-corrected chi connectivity index (χ4v) is 2.20. The second-order valence-electron chi connectivity index (χ2n) is 3.26. The van der Waals surface area contributed by atoms with E-state index in [0.29, 0.717) is 6.67 Å². The van der Waals surface area contributed by atoms with E-state index in [0.717, 1.165) is 22.0 Å². The maximum absolute atomic E-state index is 4.45. The van der Waals surface area contributed by atoms with Gasteiger partial charge in [-0.1, -0.05) is 12.1 Å². The van der Waals surface area contributed by atoms with Gasteiger partial charge in [0, 0.05) is 11.8 Å². The molecule has 5 heteroatoms. The highest BCUT2D eigenvalue weighted by Crippen LogP contribution is 2.16. The molecule has 0 atom stereocenters. The van der Waals surface area contributed by atoms with E-state index in [-0.39, 0.29) is 0 Å². The monoisotopic (exact) mass is 310 g/mol. The third-order valence-electron chi connectivity index (χ3n) is 2.36. The van der Waals surface area contributed by atoms with Gasteiger partial charge in [-0.3, -0.25) is 8.11 Å². The Balaban J connectivity index is 2.42. The summed E-state index contributed by atoms with van der Waals surface area (Å²) in [7, 11) is 0. The van der Waals surface area contributed by atoms with Gasteiger partial charge in [-0.2, -0.15) is 5.10 Å². The van der Waals surface area contributed by atoms with Gasteiger partial charge in [0.2, 0.25) is 0 Å². The Kier molecular flexibility index (Phi) is 2.05. The minimum absolute atomic E-state index is 0.690. The summed E-state index contributed by atoms with van der Waals surface area (Å²) in [4.78, 5) is 4.45. The summed E-state index contributed by atoms with van der Waals surface area (Å²) in [5.74, 6) is 0. The van der Waals surface area contributed by atoms with Crippen LogP contribution < -0.4 is 13.8 Å². The van der Waals surface area contributed by atoms with E-state index < -0.39 is 0 Å². The number of hydrogen-bond acceptors (Lipinski definition) is 4. The molecule has 15 heavy (non-hydrogen) atoms. The Morgan fingerprint density at radius 3 is 3.13 bits per heavy atom. The smallest absolute Gasteiger partial charge is 0.120 e. The van der Waals surface area contributed by atoms with Crippen LogP contribution in [0.1, 0.15) is 5.56 Å². The van der Waals surface area contributed by atoms with Crippen molar-refractivity contribution in [2.45, 2.75) is 0 Å². The van der Waals surface area contributed by atoms with Crippen molar-refractivity contribution in [2.75, 3.05) is 9.78 Å². The van der Waals surface area contributed by atoms with Gasteiger partial charge in [0.05, 0.1) is 28.6 Å². The van der Waals surface area contributed by atoms with Crippen LogP contribution in [-0.2, 0) is 0 Å². The highest BCUT2D eigenvalue weighted by Gasteiger charge is 2.14. The molecule has 0 aliphatic carbocycles. The van der Waals surface area contributed by atoms with Gasteiger partial charge in [-0.05, 0) is 12.1 Å². The average molecular weight is 310 g/mol. The van der Waals surface area contributed by atoms with Crippen LogP contribution in [0.25, 0.3) is 6.08 Å². The Morgan fingerprint density at radius 1 is 1.27 bits per heavy atom. The quantitative estimate of drug-likeness (QED) is 0.522. The Morgan fingerprint density at radius 2 is 2.20 bits per heavy atom. The van der Waals surface area contributed by atoms with Gasteiger partial charge in [-0.15, -0.1) is 5.10 Å². The summed E-state index contributed by atoms with van der Waals surface area (Å²) in [5.41, 5.74) is 2.19. The Hall–Kier alpha value is -1.24. The maximum Gasteiger partial charge on any atom is 0.120 e. The summed E-state index contributed by atoms with van der Waals surface area (Å²) in [6.45, 7) is 0.690. The van der Waals surface area contributed by atoms with Gasteiger partial charge >= 0.3 is 0 Å². The summed E-state index contributed by atoms with van der Waals surface area (Å²) < 4.78 is 2.07. The van der Waals surface area contributed by atoms with E-state index in [4.69, 9.17) is 0 Å². The molecule has 1 aromatic rings. The molecule has 0 saturated heterocycles. The predicted octanol–water partition coefficient (Wildman–Crippen LogP) is 1.07. The first-order valence-corrected chi connectivity index (χ1v) is 5.51. The minimum atomic E-state index is 0.690. The summed E-state index contributed by atoms with van der Waals surface area (Å²) in [5, 5.41) is 9.94. The van der Waals surface area contributed by atoms with Crippen LogP contribution in [0.2, 0.25) is 0 Å². The second-order valence-corrected chi connectivity index (χ2v) is 4.42. The van der Waals surface area contributed by atoms with Crippen LogP contribution in [0.4, 0.5) is 5.69 Å². The topological polar surface area (TPSA) is 40.3 Å². The van der Waals surface area contributed by atoms with E-state index in [2.05, 4.69) is 53.3 Å². The zero-order valence-electron chi connectivity index (χ0n) is 7.76. The molecule has 0 fully saturated rings. The van der Waals surface area contributed by atoms with Gasteiger partial charge in [0.25, 0.3) is 0 Å². The molecule has 0 aromatic heterocycles. The Labute approximate surface area is 100 Å². The average Bonchev–Trinajstić information content (AvgIpc) is 2.51. The van der Waals surface area contributed by atoms with E-state index in [1.54, 1.807) is 6.21 Å². The molecule has 0 N–H and O–H groups in total. The first kappa shape index (κ1) is 9.02. The lowest BCUT2D eigenvalue weighted by Gasteiger charge is -2.06. The lowest BCUT2D eigenvalue weighted by molar-refractivity contribution is 1.08. The van der Waals surface area contributed by atoms with E-state index in [1.165, 1.54) is 0 Å². The number of allylic oxidation sites excluding steroid dienone is 1. The normalized spacial score (nSPS) is 16.5. The highest BCUT2D eigenvalue weighted by molar-refractivity contribution is 14.1. The third kappa shape index (κ3) is 1.38. The molecule has 0 spiro atoms. The molecule has 4 nitrogen and oxygen atoms in total. The molecule has 2 heterocycles. The number of anilines is 1. The van der Waals surface area contributed by atoms with Crippen LogP contribution in [0.5, 0.6) is 0 Å². The largest absolute Gasteiger partial charge is 0.292 e. The van der Waals surface area contributed by atoms with Gasteiger partial charge < -0.3 is 0 Å². The molecule has 0 amide bonds. The molecule has 0 unspecified atom stereocenters. The van der Waals surface area contributed by atoms with Gasteiger partial charge in [0.15, 0.2) is 0 Å². The molecule has 0 radical (unpaired) electrons. The zero-order valence-corrected chi connectivity index (χ0v) is 9.92. The second kappa shape index (κ2) is 3.41. The number of rotatable bonds is 0. The molecule has 74 valence electrons. The SMILES string of the molecule is IN1CN=c2c1ccc1c2=NN=CC=C1. The van der Waals surface area contributed by atoms with Gasteiger partial charge in [-0.25, -0.2) is 0 Å². The standard InChI is InChI=1S/C10H7IN4/c11-15-6-12-10-8(15)4-3-7-2-1-5-13-14-9(7)10/h1-5H,6H2. The van der Waals surface area contributed by atoms with Crippen LogP contribution in [-0.4, -0.2) is 12.9 Å². The predicted molar refractivity (Wildman–Crippen MR) is 67.6 cm³/mol. The summed E-state index contributed by atoms with van der Waals surface area (Å²) in [6, 6.07) is 4.12. The van der Waals surface area contributed by atoms with Crippen LogP contribution in [0.3, 0.4) is 0 Å². The zero-order chi connectivity index (χ0) is 10.3. The molecule has 3 rings (SSSR count). The molecule has 2 aliphatic rings. The van der Waals surface area contributed by atoms with Crippen molar-refractivity contribution >= 4 is 40.8 Å². The first-order valence-electron chi connectivity index (χ1n) is 4.55. The summed E-state index contributed by atoms with van der Waals surface area (Å²) >= 11 is 2.25. The number of hydrogen-bond donors (Lipinski definition) is 0. The number of nitrogens with zero attached hydrogens (tertiary/aromatic N) is 4. The first-order chi connectivity index (χ1) is 7.36. The summed E-state index contributed by atoms with van der Waals surface area (Å²) in [6.07, 6.45) is 5.57. The van der Waals surface area contributed by atoms with Crippen molar-refractivity contribution in [2.24, 2.45) is 15.2 Å². The lowest BCUT2D eigenvalue weighted by Crippen LogP contribution is -2.27. The van der Waals surface area contributed by atoms with Crippen molar-refractivity contribution in [3.05, 3.63) is 34.5 Å². The van der Waals surface area contributed by atoms with E-state index in [1.807, 2.05) is 12.2 Å².